The zero-order valence-corrected chi connectivity index (χ0v) is 14.9. The van der Waals surface area contributed by atoms with Crippen LogP contribution in [-0.2, 0) is 16.0 Å². The lowest BCUT2D eigenvalue weighted by atomic mass is 10.0. The van der Waals surface area contributed by atoms with Gasteiger partial charge in [0.1, 0.15) is 0 Å². The van der Waals surface area contributed by atoms with Crippen LogP contribution in [0.5, 0.6) is 0 Å². The standard InChI is InChI=1S/C20H29N3O2/c24-19(22-17-10-6-1-2-7-11-17)15-23-13-12-21-20(25)18(23)14-16-8-4-3-5-9-16/h3-5,8-9,17-18H,1-2,6-7,10-15H2,(H,21,25)(H,22,24)/t18-/m1/s1. The van der Waals surface area contributed by atoms with E-state index in [9.17, 15) is 9.59 Å². The van der Waals surface area contributed by atoms with Crippen molar-refractivity contribution in [3.63, 3.8) is 0 Å². The highest BCUT2D eigenvalue weighted by Crippen LogP contribution is 2.17. The minimum Gasteiger partial charge on any atom is -0.353 e. The third kappa shape index (κ3) is 5.30. The Bertz CT molecular complexity index is 568. The number of rotatable bonds is 5. The Labute approximate surface area is 150 Å². The summed E-state index contributed by atoms with van der Waals surface area (Å²) in [5.74, 6) is 0.0806. The average molecular weight is 343 g/mol. The second kappa shape index (κ2) is 8.99. The molecule has 1 saturated carbocycles. The van der Waals surface area contributed by atoms with Gasteiger partial charge in [0.05, 0.1) is 12.6 Å². The molecule has 2 N–H and O–H groups in total. The molecular formula is C20H29N3O2. The highest BCUT2D eigenvalue weighted by atomic mass is 16.2. The molecule has 1 aliphatic heterocycles. The summed E-state index contributed by atoms with van der Waals surface area (Å²) in [6, 6.07) is 10.1. The molecule has 0 radical (unpaired) electrons. The van der Waals surface area contributed by atoms with E-state index in [0.717, 1.165) is 24.9 Å². The highest BCUT2D eigenvalue weighted by Gasteiger charge is 2.31. The number of amides is 2. The van der Waals surface area contributed by atoms with Gasteiger partial charge in [-0.25, -0.2) is 0 Å². The first-order valence-electron chi connectivity index (χ1n) is 9.57. The molecule has 0 unspecified atom stereocenters. The van der Waals surface area contributed by atoms with Crippen LogP contribution >= 0.6 is 0 Å². The number of carbonyl (C=O) groups excluding carboxylic acids is 2. The van der Waals surface area contributed by atoms with E-state index >= 15 is 0 Å². The van der Waals surface area contributed by atoms with Gasteiger partial charge in [0.2, 0.25) is 11.8 Å². The van der Waals surface area contributed by atoms with Gasteiger partial charge in [-0.15, -0.1) is 0 Å². The second-order valence-corrected chi connectivity index (χ2v) is 7.22. The maximum atomic E-state index is 12.5. The lowest BCUT2D eigenvalue weighted by Gasteiger charge is -2.35. The number of nitrogens with one attached hydrogen (secondary N) is 2. The molecule has 1 saturated heterocycles. The first-order chi connectivity index (χ1) is 12.2. The zero-order chi connectivity index (χ0) is 17.5. The van der Waals surface area contributed by atoms with E-state index in [-0.39, 0.29) is 17.9 Å². The molecule has 25 heavy (non-hydrogen) atoms. The maximum Gasteiger partial charge on any atom is 0.237 e. The third-order valence-corrected chi connectivity index (χ3v) is 5.28. The molecule has 136 valence electrons. The molecule has 0 bridgehead atoms. The summed E-state index contributed by atoms with van der Waals surface area (Å²) in [5.41, 5.74) is 1.12. The fraction of sp³-hybridized carbons (Fsp3) is 0.600. The van der Waals surface area contributed by atoms with E-state index in [1.54, 1.807) is 0 Å². The van der Waals surface area contributed by atoms with Crippen LogP contribution in [0.2, 0.25) is 0 Å². The fourth-order valence-electron chi connectivity index (χ4n) is 3.89. The van der Waals surface area contributed by atoms with Crippen LogP contribution in [0.15, 0.2) is 30.3 Å². The Kier molecular flexibility index (Phi) is 6.45. The van der Waals surface area contributed by atoms with Crippen LogP contribution in [0.3, 0.4) is 0 Å². The Morgan fingerprint density at radius 3 is 2.56 bits per heavy atom. The number of carbonyl (C=O) groups is 2. The molecule has 1 aromatic rings. The van der Waals surface area contributed by atoms with Crippen molar-refractivity contribution in [3.8, 4) is 0 Å². The maximum absolute atomic E-state index is 12.5. The van der Waals surface area contributed by atoms with Crippen molar-refractivity contribution in [3.05, 3.63) is 35.9 Å². The summed E-state index contributed by atoms with van der Waals surface area (Å²) in [6.45, 7) is 1.64. The topological polar surface area (TPSA) is 61.4 Å². The van der Waals surface area contributed by atoms with Gasteiger partial charge in [0.15, 0.2) is 0 Å². The number of piperazine rings is 1. The quantitative estimate of drug-likeness (QED) is 0.803. The van der Waals surface area contributed by atoms with Crippen LogP contribution in [0.25, 0.3) is 0 Å². The molecule has 0 aromatic heterocycles. The minimum atomic E-state index is -0.268. The number of benzene rings is 1. The normalized spacial score (nSPS) is 22.9. The van der Waals surface area contributed by atoms with E-state index < -0.39 is 0 Å². The van der Waals surface area contributed by atoms with Crippen LogP contribution in [0, 0.1) is 0 Å². The van der Waals surface area contributed by atoms with Crippen molar-refractivity contribution >= 4 is 11.8 Å². The number of hydrogen-bond acceptors (Lipinski definition) is 3. The van der Waals surface area contributed by atoms with Crippen LogP contribution in [0.4, 0.5) is 0 Å². The van der Waals surface area contributed by atoms with Crippen molar-refractivity contribution in [2.75, 3.05) is 19.6 Å². The SMILES string of the molecule is O=C(CN1CCNC(=O)[C@H]1Cc1ccccc1)NC1CCCCCC1. The summed E-state index contributed by atoms with van der Waals surface area (Å²) in [4.78, 5) is 26.9. The molecule has 3 rings (SSSR count). The predicted molar refractivity (Wildman–Crippen MR) is 98.1 cm³/mol. The largest absolute Gasteiger partial charge is 0.353 e. The summed E-state index contributed by atoms with van der Waals surface area (Å²) < 4.78 is 0. The monoisotopic (exact) mass is 343 g/mol. The molecule has 2 amide bonds. The third-order valence-electron chi connectivity index (χ3n) is 5.28. The van der Waals surface area contributed by atoms with Crippen LogP contribution in [-0.4, -0.2) is 48.4 Å². The van der Waals surface area contributed by atoms with E-state index in [1.807, 2.05) is 35.2 Å². The lowest BCUT2D eigenvalue weighted by Crippen LogP contribution is -2.58. The molecule has 5 nitrogen and oxygen atoms in total. The highest BCUT2D eigenvalue weighted by molar-refractivity contribution is 5.84. The van der Waals surface area contributed by atoms with Gasteiger partial charge in [-0.05, 0) is 24.8 Å². The van der Waals surface area contributed by atoms with Crippen LogP contribution in [0.1, 0.15) is 44.1 Å². The van der Waals surface area contributed by atoms with Gasteiger partial charge < -0.3 is 10.6 Å². The average Bonchev–Trinajstić information content (AvgIpc) is 2.87. The van der Waals surface area contributed by atoms with E-state index in [0.29, 0.717) is 25.6 Å². The summed E-state index contributed by atoms with van der Waals surface area (Å²) in [7, 11) is 0. The molecule has 1 heterocycles. The van der Waals surface area contributed by atoms with Crippen molar-refractivity contribution < 1.29 is 9.59 Å². The minimum absolute atomic E-state index is 0.0253. The molecule has 2 fully saturated rings. The molecule has 1 aliphatic carbocycles. The van der Waals surface area contributed by atoms with Crippen molar-refractivity contribution in [2.45, 2.75) is 57.0 Å². The smallest absolute Gasteiger partial charge is 0.237 e. The zero-order valence-electron chi connectivity index (χ0n) is 14.9. The second-order valence-electron chi connectivity index (χ2n) is 7.22. The Balaban J connectivity index is 1.58. The number of hydrogen-bond donors (Lipinski definition) is 2. The molecule has 5 heteroatoms. The lowest BCUT2D eigenvalue weighted by molar-refractivity contribution is -0.131. The van der Waals surface area contributed by atoms with E-state index in [1.165, 1.54) is 25.7 Å². The van der Waals surface area contributed by atoms with Gasteiger partial charge in [-0.2, -0.15) is 0 Å². The molecule has 1 aromatic carbocycles. The Morgan fingerprint density at radius 2 is 1.84 bits per heavy atom. The fourth-order valence-corrected chi connectivity index (χ4v) is 3.89. The first kappa shape index (κ1) is 17.9. The van der Waals surface area contributed by atoms with E-state index in [2.05, 4.69) is 10.6 Å². The van der Waals surface area contributed by atoms with Crippen molar-refractivity contribution in [1.29, 1.82) is 0 Å². The van der Waals surface area contributed by atoms with Crippen LogP contribution < -0.4 is 10.6 Å². The van der Waals surface area contributed by atoms with Gasteiger partial charge in [-0.1, -0.05) is 56.0 Å². The van der Waals surface area contributed by atoms with Gasteiger partial charge in [0.25, 0.3) is 0 Å². The summed E-state index contributed by atoms with van der Waals surface area (Å²) >= 11 is 0. The Hall–Kier alpha value is -1.88. The number of nitrogens with zero attached hydrogens (tertiary/aromatic N) is 1. The summed E-state index contributed by atoms with van der Waals surface area (Å²) in [5, 5.41) is 6.13. The van der Waals surface area contributed by atoms with E-state index in [4.69, 9.17) is 0 Å². The van der Waals surface area contributed by atoms with Crippen molar-refractivity contribution in [1.82, 2.24) is 15.5 Å². The van der Waals surface area contributed by atoms with Gasteiger partial charge in [-0.3, -0.25) is 14.5 Å². The predicted octanol–water partition coefficient (Wildman–Crippen LogP) is 1.87. The Morgan fingerprint density at radius 1 is 1.12 bits per heavy atom. The molecular weight excluding hydrogens is 314 g/mol. The molecule has 2 aliphatic rings. The van der Waals surface area contributed by atoms with Crippen molar-refractivity contribution in [2.24, 2.45) is 0 Å². The molecule has 0 spiro atoms. The first-order valence-corrected chi connectivity index (χ1v) is 9.57. The van der Waals surface area contributed by atoms with Gasteiger partial charge >= 0.3 is 0 Å². The van der Waals surface area contributed by atoms with Gasteiger partial charge in [0, 0.05) is 19.1 Å². The molecule has 1 atom stereocenters. The summed E-state index contributed by atoms with van der Waals surface area (Å²) in [6.07, 6.45) is 7.76.